The lowest BCUT2D eigenvalue weighted by Crippen LogP contribution is -2.42. The molecule has 226 valence electrons. The molecule has 1 saturated heterocycles. The molecule has 2 atom stereocenters. The highest BCUT2D eigenvalue weighted by molar-refractivity contribution is 5.80. The number of fused-ring (bicyclic) bond motifs is 1. The van der Waals surface area contributed by atoms with Crippen LogP contribution in [-0.4, -0.2) is 50.5 Å². The average molecular weight is 602 g/mol. The van der Waals surface area contributed by atoms with Crippen LogP contribution in [0.1, 0.15) is 25.5 Å². The van der Waals surface area contributed by atoms with Crippen molar-refractivity contribution in [3.05, 3.63) is 72.3 Å². The van der Waals surface area contributed by atoms with E-state index in [9.17, 15) is 30.7 Å². The Morgan fingerprint density at radius 3 is 2.26 bits per heavy atom. The molecular weight excluding hydrogens is 575 g/mol. The van der Waals surface area contributed by atoms with Crippen LogP contribution in [-0.2, 0) is 9.47 Å². The summed E-state index contributed by atoms with van der Waals surface area (Å²) in [6.45, 7) is 4.01. The van der Waals surface area contributed by atoms with Crippen molar-refractivity contribution >= 4 is 5.69 Å². The fraction of sp³-hybridized carbons (Fsp3) is 0.379. The zero-order valence-corrected chi connectivity index (χ0v) is 22.3. The Morgan fingerprint density at radius 2 is 1.60 bits per heavy atom. The molecule has 1 fully saturated rings. The maximum atomic E-state index is 13.6. The van der Waals surface area contributed by atoms with Gasteiger partial charge < -0.3 is 28.6 Å². The van der Waals surface area contributed by atoms with Crippen LogP contribution >= 0.6 is 0 Å². The van der Waals surface area contributed by atoms with Gasteiger partial charge in [0, 0.05) is 12.1 Å². The minimum Gasteiger partial charge on any atom is -0.488 e. The molecule has 0 unspecified atom stereocenters. The van der Waals surface area contributed by atoms with Gasteiger partial charge in [-0.25, -0.2) is 0 Å². The van der Waals surface area contributed by atoms with Crippen molar-refractivity contribution in [1.82, 2.24) is 0 Å². The lowest BCUT2D eigenvalue weighted by Gasteiger charge is -2.40. The number of ether oxygens (including phenoxy) is 5. The molecule has 13 heteroatoms. The van der Waals surface area contributed by atoms with Gasteiger partial charge in [0.15, 0.2) is 11.5 Å². The molecule has 0 spiro atoms. The summed E-state index contributed by atoms with van der Waals surface area (Å²) >= 11 is 0. The lowest BCUT2D eigenvalue weighted by molar-refractivity contribution is -0.274. The van der Waals surface area contributed by atoms with Crippen molar-refractivity contribution in [2.24, 2.45) is 0 Å². The van der Waals surface area contributed by atoms with E-state index in [1.807, 2.05) is 4.90 Å². The van der Waals surface area contributed by atoms with Crippen molar-refractivity contribution in [2.45, 2.75) is 50.7 Å². The second kappa shape index (κ2) is 11.2. The molecule has 42 heavy (non-hydrogen) atoms. The predicted molar refractivity (Wildman–Crippen MR) is 137 cm³/mol. The van der Waals surface area contributed by atoms with Gasteiger partial charge in [0.1, 0.15) is 24.2 Å². The summed E-state index contributed by atoms with van der Waals surface area (Å²) in [6, 6.07) is 15.4. The molecule has 5 rings (SSSR count). The van der Waals surface area contributed by atoms with Crippen molar-refractivity contribution in [3.8, 4) is 28.4 Å². The van der Waals surface area contributed by atoms with Gasteiger partial charge in [0.2, 0.25) is 0 Å². The summed E-state index contributed by atoms with van der Waals surface area (Å²) in [4.78, 5) is 1.90. The van der Waals surface area contributed by atoms with Crippen molar-refractivity contribution in [1.29, 1.82) is 0 Å². The highest BCUT2D eigenvalue weighted by Crippen LogP contribution is 2.46. The van der Waals surface area contributed by atoms with E-state index in [2.05, 4.69) is 9.47 Å². The van der Waals surface area contributed by atoms with Crippen LogP contribution in [0.3, 0.4) is 0 Å². The number of para-hydroxylation sites is 1. The van der Waals surface area contributed by atoms with E-state index >= 15 is 0 Å². The van der Waals surface area contributed by atoms with Gasteiger partial charge in [-0.3, -0.25) is 0 Å². The zero-order valence-electron chi connectivity index (χ0n) is 22.3. The van der Waals surface area contributed by atoms with E-state index in [4.69, 9.17) is 14.2 Å². The van der Waals surface area contributed by atoms with Crippen LogP contribution in [0.25, 0.3) is 11.1 Å². The summed E-state index contributed by atoms with van der Waals surface area (Å²) in [5, 5.41) is 0. The molecular formula is C29H26F7NO5. The third-order valence-electron chi connectivity index (χ3n) is 6.66. The van der Waals surface area contributed by atoms with E-state index < -0.39 is 48.3 Å². The summed E-state index contributed by atoms with van der Waals surface area (Å²) < 4.78 is 118. The first-order valence-corrected chi connectivity index (χ1v) is 12.9. The fourth-order valence-electron chi connectivity index (χ4n) is 4.97. The highest BCUT2D eigenvalue weighted by atomic mass is 19.4. The molecule has 0 saturated carbocycles. The Hall–Kier alpha value is -3.71. The summed E-state index contributed by atoms with van der Waals surface area (Å²) in [5.74, 6) is -1.34. The number of alkyl halides is 7. The molecule has 0 radical (unpaired) electrons. The van der Waals surface area contributed by atoms with Gasteiger partial charge in [-0.05, 0) is 55.3 Å². The number of hydrogen-bond acceptors (Lipinski definition) is 6. The van der Waals surface area contributed by atoms with Crippen molar-refractivity contribution < 1.29 is 54.4 Å². The van der Waals surface area contributed by atoms with Crippen LogP contribution in [0, 0.1) is 0 Å². The second-order valence-corrected chi connectivity index (χ2v) is 10.2. The van der Waals surface area contributed by atoms with Gasteiger partial charge in [0.25, 0.3) is 0 Å². The number of anilines is 1. The van der Waals surface area contributed by atoms with Gasteiger partial charge in [-0.1, -0.05) is 36.4 Å². The van der Waals surface area contributed by atoms with Gasteiger partial charge in [-0.2, -0.15) is 17.6 Å². The topological polar surface area (TPSA) is 49.4 Å². The van der Waals surface area contributed by atoms with Crippen molar-refractivity contribution in [2.75, 3.05) is 24.7 Å². The first-order chi connectivity index (χ1) is 19.7. The minimum atomic E-state index is -4.87. The fourth-order valence-corrected chi connectivity index (χ4v) is 4.97. The van der Waals surface area contributed by atoms with Crippen LogP contribution < -0.4 is 19.1 Å². The molecule has 2 aliphatic rings. The number of benzene rings is 3. The molecule has 3 aromatic rings. The minimum absolute atomic E-state index is 0.0194. The zero-order chi connectivity index (χ0) is 30.3. The van der Waals surface area contributed by atoms with Gasteiger partial charge in [-0.15, -0.1) is 13.2 Å². The summed E-state index contributed by atoms with van der Waals surface area (Å²) in [6.07, 6.45) is -14.0. The molecule has 6 nitrogen and oxygen atoms in total. The second-order valence-electron chi connectivity index (χ2n) is 10.2. The standard InChI is InChI=1S/C29H26F7NO5/c1-27(2)39-15-21(40-27)14-37-23-11-5-10-22(17-6-3-9-20(12-17)42-29(34,35)36)25(23)38-16-24(37)18-7-4-8-19(13-18)41-28(32,33)26(30)31/h3-13,21,24,26H,14-16H2,1-2H3/t21-,24-/m1/s1. The van der Waals surface area contributed by atoms with Crippen LogP contribution in [0.4, 0.5) is 36.4 Å². The Labute approximate surface area is 236 Å². The first-order valence-electron chi connectivity index (χ1n) is 12.9. The molecule has 2 heterocycles. The van der Waals surface area contributed by atoms with Crippen molar-refractivity contribution in [3.63, 3.8) is 0 Å². The SMILES string of the molecule is CC1(C)OC[C@@H](CN2c3cccc(-c4cccc(OC(F)(F)F)c4)c3OC[C@@H]2c2cccc(OC(F)(F)C(F)F)c2)O1. The number of halogens is 7. The monoisotopic (exact) mass is 601 g/mol. The molecule has 2 aliphatic heterocycles. The van der Waals surface area contributed by atoms with E-state index in [0.29, 0.717) is 28.1 Å². The predicted octanol–water partition coefficient (Wildman–Crippen LogP) is 7.58. The Balaban J connectivity index is 1.52. The van der Waals surface area contributed by atoms with Gasteiger partial charge in [0.05, 0.1) is 18.3 Å². The number of rotatable bonds is 8. The largest absolute Gasteiger partial charge is 0.573 e. The van der Waals surface area contributed by atoms with Crippen LogP contribution in [0.2, 0.25) is 0 Å². The Morgan fingerprint density at radius 1 is 0.905 bits per heavy atom. The smallest absolute Gasteiger partial charge is 0.488 e. The molecule has 0 aromatic heterocycles. The summed E-state index contributed by atoms with van der Waals surface area (Å²) in [5.41, 5.74) is 1.87. The summed E-state index contributed by atoms with van der Waals surface area (Å²) in [7, 11) is 0. The number of nitrogens with zero attached hydrogens (tertiary/aromatic N) is 1. The molecule has 0 aliphatic carbocycles. The molecule has 0 bridgehead atoms. The average Bonchev–Trinajstić information content (AvgIpc) is 3.25. The maximum absolute atomic E-state index is 13.6. The first kappa shape index (κ1) is 29.8. The quantitative estimate of drug-likeness (QED) is 0.248. The normalized spacial score (nSPS) is 20.3. The van der Waals surface area contributed by atoms with E-state index in [1.165, 1.54) is 30.3 Å². The third kappa shape index (κ3) is 6.67. The van der Waals surface area contributed by atoms with E-state index in [1.54, 1.807) is 44.2 Å². The molecule has 0 N–H and O–H groups in total. The lowest BCUT2D eigenvalue weighted by atomic mass is 9.98. The molecule has 3 aromatic carbocycles. The van der Waals surface area contributed by atoms with Crippen LogP contribution in [0.5, 0.6) is 17.2 Å². The maximum Gasteiger partial charge on any atom is 0.573 e. The van der Waals surface area contributed by atoms with Gasteiger partial charge >= 0.3 is 18.9 Å². The third-order valence-corrected chi connectivity index (χ3v) is 6.66. The van der Waals surface area contributed by atoms with E-state index in [-0.39, 0.29) is 19.8 Å². The highest BCUT2D eigenvalue weighted by Gasteiger charge is 2.44. The van der Waals surface area contributed by atoms with E-state index in [0.717, 1.165) is 6.07 Å². The molecule has 0 amide bonds. The Kier molecular flexibility index (Phi) is 7.92. The van der Waals surface area contributed by atoms with Crippen LogP contribution in [0.15, 0.2) is 66.7 Å². The number of hydrogen-bond donors (Lipinski definition) is 0. The Bertz CT molecular complexity index is 1420.